The molecular formula is C15H14N2O4S2. The third-order valence-corrected chi connectivity index (χ3v) is 5.45. The van der Waals surface area contributed by atoms with Crippen molar-refractivity contribution in [1.82, 2.24) is 0 Å². The second kappa shape index (κ2) is 7.01. The maximum atomic E-state index is 11.1. The van der Waals surface area contributed by atoms with E-state index in [1.807, 2.05) is 13.8 Å². The van der Waals surface area contributed by atoms with Crippen LogP contribution in [0.25, 0.3) is 0 Å². The monoisotopic (exact) mass is 350 g/mol. The minimum Gasteiger partial charge on any atom is -0.258 e. The van der Waals surface area contributed by atoms with Crippen LogP contribution in [0.3, 0.4) is 0 Å². The Bertz CT molecular complexity index is 688. The molecule has 0 fully saturated rings. The summed E-state index contributed by atoms with van der Waals surface area (Å²) < 4.78 is -0.516. The summed E-state index contributed by atoms with van der Waals surface area (Å²) in [6.07, 6.45) is 0. The number of benzene rings is 2. The molecule has 0 aliphatic heterocycles. The van der Waals surface area contributed by atoms with E-state index in [4.69, 9.17) is 0 Å². The molecule has 0 aliphatic carbocycles. The smallest absolute Gasteiger partial charge is 0.258 e. The number of nitro groups is 2. The van der Waals surface area contributed by atoms with Gasteiger partial charge < -0.3 is 0 Å². The summed E-state index contributed by atoms with van der Waals surface area (Å²) in [5.41, 5.74) is 0.0717. The van der Waals surface area contributed by atoms with Gasteiger partial charge >= 0.3 is 0 Å². The van der Waals surface area contributed by atoms with E-state index in [0.29, 0.717) is 9.79 Å². The van der Waals surface area contributed by atoms with Gasteiger partial charge in [-0.25, -0.2) is 0 Å². The first kappa shape index (κ1) is 17.3. The van der Waals surface area contributed by atoms with Crippen molar-refractivity contribution in [3.63, 3.8) is 0 Å². The van der Waals surface area contributed by atoms with E-state index in [2.05, 4.69) is 0 Å². The van der Waals surface area contributed by atoms with Gasteiger partial charge in [-0.1, -0.05) is 24.3 Å². The third-order valence-electron chi connectivity index (χ3n) is 2.84. The number of nitro benzene ring substituents is 2. The first-order valence-corrected chi connectivity index (χ1v) is 8.28. The summed E-state index contributed by atoms with van der Waals surface area (Å²) in [4.78, 5) is 22.4. The van der Waals surface area contributed by atoms with Gasteiger partial charge in [0.15, 0.2) is 0 Å². The Morgan fingerprint density at radius 2 is 1.13 bits per heavy atom. The molecule has 23 heavy (non-hydrogen) atoms. The zero-order valence-corrected chi connectivity index (χ0v) is 14.1. The summed E-state index contributed by atoms with van der Waals surface area (Å²) in [6, 6.07) is 13.0. The Morgan fingerprint density at radius 3 is 1.48 bits per heavy atom. The highest BCUT2D eigenvalue weighted by Crippen LogP contribution is 2.48. The van der Waals surface area contributed by atoms with Crippen molar-refractivity contribution >= 4 is 34.9 Å². The molecule has 2 aromatic rings. The quantitative estimate of drug-likeness (QED) is 0.311. The second-order valence-corrected chi connectivity index (χ2v) is 8.64. The van der Waals surface area contributed by atoms with Crippen molar-refractivity contribution in [2.24, 2.45) is 0 Å². The van der Waals surface area contributed by atoms with Gasteiger partial charge in [0.25, 0.3) is 11.4 Å². The van der Waals surface area contributed by atoms with E-state index in [1.54, 1.807) is 36.4 Å². The van der Waals surface area contributed by atoms with Crippen LogP contribution < -0.4 is 0 Å². The minimum atomic E-state index is -0.516. The van der Waals surface area contributed by atoms with Gasteiger partial charge in [0.05, 0.1) is 23.7 Å². The predicted molar refractivity (Wildman–Crippen MR) is 92.0 cm³/mol. The Morgan fingerprint density at radius 1 is 0.783 bits per heavy atom. The molecule has 0 saturated carbocycles. The van der Waals surface area contributed by atoms with Crippen LogP contribution in [0, 0.1) is 20.2 Å². The van der Waals surface area contributed by atoms with Gasteiger partial charge in [-0.3, -0.25) is 20.2 Å². The van der Waals surface area contributed by atoms with Crippen LogP contribution in [-0.4, -0.2) is 13.9 Å². The lowest BCUT2D eigenvalue weighted by molar-refractivity contribution is -0.387. The molecule has 8 heteroatoms. The molecule has 0 atom stereocenters. The molecule has 6 nitrogen and oxygen atoms in total. The highest BCUT2D eigenvalue weighted by atomic mass is 32.2. The summed E-state index contributed by atoms with van der Waals surface area (Å²) in [6.45, 7) is 3.77. The van der Waals surface area contributed by atoms with Gasteiger partial charge in [-0.05, 0) is 26.0 Å². The molecule has 0 aromatic heterocycles. The van der Waals surface area contributed by atoms with Crippen LogP contribution in [-0.2, 0) is 0 Å². The van der Waals surface area contributed by atoms with Gasteiger partial charge in [0.1, 0.15) is 0 Å². The van der Waals surface area contributed by atoms with Crippen molar-refractivity contribution in [3.8, 4) is 0 Å². The molecule has 0 heterocycles. The van der Waals surface area contributed by atoms with Crippen LogP contribution in [0.4, 0.5) is 11.4 Å². The summed E-state index contributed by atoms with van der Waals surface area (Å²) >= 11 is 2.63. The molecule has 0 spiro atoms. The molecule has 2 rings (SSSR count). The average molecular weight is 350 g/mol. The van der Waals surface area contributed by atoms with Crippen molar-refractivity contribution in [2.75, 3.05) is 0 Å². The standard InChI is InChI=1S/C15H14N2O4S2/c1-15(2,22-13-9-5-3-7-11(13)16(18)19)23-14-10-6-4-8-12(14)17(20)21/h3-10H,1-2H3. The topological polar surface area (TPSA) is 86.3 Å². The van der Waals surface area contributed by atoms with Gasteiger partial charge in [0, 0.05) is 12.1 Å². The summed E-state index contributed by atoms with van der Waals surface area (Å²) in [5, 5.41) is 22.2. The molecular weight excluding hydrogens is 336 g/mol. The van der Waals surface area contributed by atoms with Crippen molar-refractivity contribution in [3.05, 3.63) is 68.8 Å². The number of para-hydroxylation sites is 2. The summed E-state index contributed by atoms with van der Waals surface area (Å²) in [5.74, 6) is 0. The van der Waals surface area contributed by atoms with Crippen molar-refractivity contribution in [1.29, 1.82) is 0 Å². The molecule has 0 N–H and O–H groups in total. The van der Waals surface area contributed by atoms with E-state index in [-0.39, 0.29) is 11.4 Å². The van der Waals surface area contributed by atoms with Crippen LogP contribution in [0.2, 0.25) is 0 Å². The van der Waals surface area contributed by atoms with Crippen LogP contribution >= 0.6 is 23.5 Å². The van der Waals surface area contributed by atoms with Crippen molar-refractivity contribution in [2.45, 2.75) is 27.7 Å². The van der Waals surface area contributed by atoms with E-state index in [1.165, 1.54) is 35.7 Å². The SMILES string of the molecule is CC(C)(Sc1ccccc1[N+](=O)[O-])Sc1ccccc1[N+](=O)[O-]. The number of thioether (sulfide) groups is 2. The largest absolute Gasteiger partial charge is 0.282 e. The fraction of sp³-hybridized carbons (Fsp3) is 0.200. The zero-order valence-electron chi connectivity index (χ0n) is 12.5. The van der Waals surface area contributed by atoms with Crippen LogP contribution in [0.1, 0.15) is 13.8 Å². The highest BCUT2D eigenvalue weighted by molar-refractivity contribution is 8.18. The maximum absolute atomic E-state index is 11.1. The molecule has 0 radical (unpaired) electrons. The van der Waals surface area contributed by atoms with Crippen LogP contribution in [0.15, 0.2) is 58.3 Å². The second-order valence-electron chi connectivity index (χ2n) is 5.05. The molecule has 0 amide bonds. The minimum absolute atomic E-state index is 0.0359. The number of hydrogen-bond donors (Lipinski definition) is 0. The van der Waals surface area contributed by atoms with E-state index >= 15 is 0 Å². The fourth-order valence-corrected chi connectivity index (χ4v) is 4.49. The van der Waals surface area contributed by atoms with Gasteiger partial charge in [-0.15, -0.1) is 23.5 Å². The van der Waals surface area contributed by atoms with E-state index in [9.17, 15) is 20.2 Å². The van der Waals surface area contributed by atoms with Gasteiger partial charge in [-0.2, -0.15) is 0 Å². The molecule has 2 aromatic carbocycles. The summed E-state index contributed by atoms with van der Waals surface area (Å²) in [7, 11) is 0. The number of hydrogen-bond acceptors (Lipinski definition) is 6. The number of rotatable bonds is 6. The van der Waals surface area contributed by atoms with Crippen LogP contribution in [0.5, 0.6) is 0 Å². The Labute approximate surface area is 141 Å². The maximum Gasteiger partial charge on any atom is 0.282 e. The first-order valence-electron chi connectivity index (χ1n) is 6.65. The normalized spacial score (nSPS) is 11.2. The zero-order chi connectivity index (χ0) is 17.0. The lowest BCUT2D eigenvalue weighted by Crippen LogP contribution is -2.09. The molecule has 0 aliphatic rings. The molecule has 0 bridgehead atoms. The first-order chi connectivity index (χ1) is 10.8. The third kappa shape index (κ3) is 4.46. The lowest BCUT2D eigenvalue weighted by atomic mass is 10.3. The van der Waals surface area contributed by atoms with E-state index < -0.39 is 13.9 Å². The molecule has 0 saturated heterocycles. The average Bonchev–Trinajstić information content (AvgIpc) is 2.47. The number of nitrogens with zero attached hydrogens (tertiary/aromatic N) is 2. The lowest BCUT2D eigenvalue weighted by Gasteiger charge is -2.23. The Kier molecular flexibility index (Phi) is 5.27. The van der Waals surface area contributed by atoms with E-state index in [0.717, 1.165) is 0 Å². The molecule has 0 unspecified atom stereocenters. The highest BCUT2D eigenvalue weighted by Gasteiger charge is 2.28. The Balaban J connectivity index is 2.27. The Hall–Kier alpha value is -2.06. The fourth-order valence-electron chi connectivity index (χ4n) is 1.94. The van der Waals surface area contributed by atoms with Crippen molar-refractivity contribution < 1.29 is 9.85 Å². The molecule has 120 valence electrons. The van der Waals surface area contributed by atoms with Gasteiger partial charge in [0.2, 0.25) is 0 Å². The predicted octanol–water partition coefficient (Wildman–Crippen LogP) is 5.12.